The number of hydrogen-bond donors (Lipinski definition) is 3. The van der Waals surface area contributed by atoms with Crippen LogP contribution in [-0.4, -0.2) is 23.0 Å². The minimum absolute atomic E-state index is 0.0485. The topological polar surface area (TPSA) is 95.5 Å². The summed E-state index contributed by atoms with van der Waals surface area (Å²) >= 11 is 0. The number of urea groups is 1. The molecule has 0 aliphatic rings. The fourth-order valence-corrected chi connectivity index (χ4v) is 1.79. The number of aliphatic carboxylic acids is 1. The second-order valence-electron chi connectivity index (χ2n) is 5.39. The summed E-state index contributed by atoms with van der Waals surface area (Å²) in [7, 11) is 0. The molecule has 0 saturated heterocycles. The van der Waals surface area contributed by atoms with Crippen molar-refractivity contribution in [1.82, 2.24) is 5.32 Å². The van der Waals surface area contributed by atoms with E-state index in [9.17, 15) is 18.8 Å². The second-order valence-corrected chi connectivity index (χ2v) is 5.39. The van der Waals surface area contributed by atoms with Gasteiger partial charge in [0.2, 0.25) is 5.91 Å². The highest BCUT2D eigenvalue weighted by molar-refractivity contribution is 6.01. The summed E-state index contributed by atoms with van der Waals surface area (Å²) in [5.74, 6) is -2.27. The summed E-state index contributed by atoms with van der Waals surface area (Å²) in [6.07, 6.45) is -0.334. The highest BCUT2D eigenvalue weighted by Gasteiger charge is 2.26. The molecule has 0 saturated carbocycles. The van der Waals surface area contributed by atoms with Crippen molar-refractivity contribution in [2.24, 2.45) is 5.41 Å². The van der Waals surface area contributed by atoms with E-state index >= 15 is 0 Å². The summed E-state index contributed by atoms with van der Waals surface area (Å²) in [4.78, 5) is 33.9. The Morgan fingerprint density at radius 1 is 1.19 bits per heavy atom. The number of hydrogen-bond acceptors (Lipinski definition) is 3. The Morgan fingerprint density at radius 2 is 1.81 bits per heavy atom. The third-order valence-electron chi connectivity index (χ3n) is 2.64. The zero-order valence-corrected chi connectivity index (χ0v) is 11.8. The van der Waals surface area contributed by atoms with Crippen molar-refractivity contribution in [2.75, 3.05) is 5.32 Å². The van der Waals surface area contributed by atoms with E-state index in [1.165, 1.54) is 24.3 Å². The largest absolute Gasteiger partial charge is 0.481 e. The van der Waals surface area contributed by atoms with Crippen LogP contribution in [0.25, 0.3) is 0 Å². The first-order valence-electron chi connectivity index (χ1n) is 6.27. The molecule has 21 heavy (non-hydrogen) atoms. The van der Waals surface area contributed by atoms with Gasteiger partial charge in [-0.15, -0.1) is 0 Å². The summed E-state index contributed by atoms with van der Waals surface area (Å²) in [6, 6.07) is 4.67. The first-order chi connectivity index (χ1) is 9.69. The van der Waals surface area contributed by atoms with Gasteiger partial charge in [-0.1, -0.05) is 26.0 Å². The Bertz CT molecular complexity index is 558. The lowest BCUT2D eigenvalue weighted by atomic mass is 9.85. The van der Waals surface area contributed by atoms with Gasteiger partial charge < -0.3 is 10.4 Å². The number of carboxylic acid groups (broad SMARTS) is 1. The summed E-state index contributed by atoms with van der Waals surface area (Å²) in [6.45, 7) is 3.21. The van der Waals surface area contributed by atoms with Gasteiger partial charge in [0.25, 0.3) is 0 Å². The minimum atomic E-state index is -1.02. The lowest BCUT2D eigenvalue weighted by Gasteiger charge is -2.21. The number of nitrogens with one attached hydrogen (secondary N) is 2. The fraction of sp³-hybridized carbons (Fsp3) is 0.357. The van der Waals surface area contributed by atoms with Gasteiger partial charge in [-0.2, -0.15) is 0 Å². The van der Waals surface area contributed by atoms with Crippen LogP contribution in [0.5, 0.6) is 0 Å². The Kier molecular flexibility index (Phi) is 5.40. The number of halogens is 1. The normalized spacial score (nSPS) is 10.8. The number of amides is 3. The molecule has 1 aromatic carbocycles. The molecule has 7 heteroatoms. The Labute approximate surface area is 121 Å². The Morgan fingerprint density at radius 3 is 2.38 bits per heavy atom. The molecule has 0 spiro atoms. The zero-order valence-electron chi connectivity index (χ0n) is 11.8. The Balaban J connectivity index is 2.53. The first-order valence-corrected chi connectivity index (χ1v) is 6.27. The number of carbonyl (C=O) groups is 3. The van der Waals surface area contributed by atoms with Crippen LogP contribution < -0.4 is 10.6 Å². The number of para-hydroxylation sites is 1. The molecule has 1 rings (SSSR count). The van der Waals surface area contributed by atoms with Crippen molar-refractivity contribution in [2.45, 2.75) is 26.7 Å². The van der Waals surface area contributed by atoms with Gasteiger partial charge >= 0.3 is 12.0 Å². The van der Waals surface area contributed by atoms with Gasteiger partial charge in [0.1, 0.15) is 5.82 Å². The van der Waals surface area contributed by atoms with Gasteiger partial charge in [-0.3, -0.25) is 14.9 Å². The van der Waals surface area contributed by atoms with Crippen LogP contribution in [0.2, 0.25) is 0 Å². The first kappa shape index (κ1) is 16.6. The van der Waals surface area contributed by atoms with E-state index in [-0.39, 0.29) is 18.5 Å². The highest BCUT2D eigenvalue weighted by Crippen LogP contribution is 2.24. The van der Waals surface area contributed by atoms with Crippen LogP contribution in [0.15, 0.2) is 24.3 Å². The van der Waals surface area contributed by atoms with Crippen molar-refractivity contribution in [1.29, 1.82) is 0 Å². The van der Waals surface area contributed by atoms with E-state index < -0.39 is 29.1 Å². The van der Waals surface area contributed by atoms with Crippen molar-refractivity contribution in [3.63, 3.8) is 0 Å². The number of benzene rings is 1. The number of rotatable bonds is 5. The zero-order chi connectivity index (χ0) is 16.0. The second kappa shape index (κ2) is 6.83. The maximum atomic E-state index is 13.3. The molecule has 0 aromatic heterocycles. The van der Waals surface area contributed by atoms with Gasteiger partial charge in [0.05, 0.1) is 12.1 Å². The molecule has 0 bridgehead atoms. The predicted octanol–water partition coefficient (Wildman–Crippen LogP) is 2.36. The Hall–Kier alpha value is -2.44. The van der Waals surface area contributed by atoms with Gasteiger partial charge in [-0.05, 0) is 17.5 Å². The third-order valence-corrected chi connectivity index (χ3v) is 2.64. The van der Waals surface area contributed by atoms with E-state index in [1.54, 1.807) is 13.8 Å². The van der Waals surface area contributed by atoms with E-state index in [0.717, 1.165) is 0 Å². The lowest BCUT2D eigenvalue weighted by Crippen LogP contribution is -2.37. The molecule has 0 aliphatic carbocycles. The van der Waals surface area contributed by atoms with E-state index in [4.69, 9.17) is 5.11 Å². The number of imide groups is 1. The van der Waals surface area contributed by atoms with E-state index in [1.807, 2.05) is 5.32 Å². The third kappa shape index (κ3) is 6.03. The predicted molar refractivity (Wildman–Crippen MR) is 74.2 cm³/mol. The lowest BCUT2D eigenvalue weighted by molar-refractivity contribution is -0.139. The van der Waals surface area contributed by atoms with Crippen LogP contribution in [-0.2, 0) is 9.59 Å². The molecule has 1 aromatic rings. The molecule has 0 fully saturated rings. The summed E-state index contributed by atoms with van der Waals surface area (Å²) < 4.78 is 13.3. The maximum Gasteiger partial charge on any atom is 0.325 e. The van der Waals surface area contributed by atoms with Crippen molar-refractivity contribution < 1.29 is 23.9 Å². The van der Waals surface area contributed by atoms with Crippen LogP contribution in [0.4, 0.5) is 14.9 Å². The van der Waals surface area contributed by atoms with Crippen molar-refractivity contribution in [3.8, 4) is 0 Å². The van der Waals surface area contributed by atoms with Gasteiger partial charge in [-0.25, -0.2) is 9.18 Å². The minimum Gasteiger partial charge on any atom is -0.481 e. The summed E-state index contributed by atoms with van der Waals surface area (Å²) in [5, 5.41) is 13.0. The molecule has 0 radical (unpaired) electrons. The molecule has 0 aliphatic heterocycles. The molecular weight excluding hydrogens is 279 g/mol. The van der Waals surface area contributed by atoms with Crippen LogP contribution in [0.1, 0.15) is 26.7 Å². The molecule has 3 N–H and O–H groups in total. The van der Waals surface area contributed by atoms with Crippen molar-refractivity contribution >= 4 is 23.6 Å². The van der Waals surface area contributed by atoms with Crippen molar-refractivity contribution in [3.05, 3.63) is 30.1 Å². The smallest absolute Gasteiger partial charge is 0.325 e. The molecule has 114 valence electrons. The number of anilines is 1. The number of carbonyl (C=O) groups excluding carboxylic acids is 2. The molecule has 0 heterocycles. The fourth-order valence-electron chi connectivity index (χ4n) is 1.79. The molecule has 0 unspecified atom stereocenters. The molecule has 3 amide bonds. The van der Waals surface area contributed by atoms with Gasteiger partial charge in [0.15, 0.2) is 0 Å². The number of carboxylic acids is 1. The SMILES string of the molecule is CC(C)(CC(=O)O)CC(=O)NC(=O)Nc1ccccc1F. The standard InChI is InChI=1S/C14H17FN2O4/c1-14(2,8-12(19)20)7-11(18)17-13(21)16-10-6-4-3-5-9(10)15/h3-6H,7-8H2,1-2H3,(H,19,20)(H2,16,17,18,21). The van der Waals surface area contributed by atoms with E-state index in [0.29, 0.717) is 0 Å². The molecule has 0 atom stereocenters. The van der Waals surface area contributed by atoms with E-state index in [2.05, 4.69) is 5.32 Å². The van der Waals surface area contributed by atoms with Crippen LogP contribution in [0.3, 0.4) is 0 Å². The van der Waals surface area contributed by atoms with Crippen LogP contribution >= 0.6 is 0 Å². The molecular formula is C14H17FN2O4. The van der Waals surface area contributed by atoms with Gasteiger partial charge in [0, 0.05) is 6.42 Å². The molecule has 6 nitrogen and oxygen atoms in total. The monoisotopic (exact) mass is 296 g/mol. The maximum absolute atomic E-state index is 13.3. The average Bonchev–Trinajstić information content (AvgIpc) is 2.28. The quantitative estimate of drug-likeness (QED) is 0.777. The average molecular weight is 296 g/mol. The highest BCUT2D eigenvalue weighted by atomic mass is 19.1. The van der Waals surface area contributed by atoms with Crippen LogP contribution in [0, 0.1) is 11.2 Å². The summed E-state index contributed by atoms with van der Waals surface area (Å²) in [5.41, 5.74) is -0.832.